The van der Waals surface area contributed by atoms with Gasteiger partial charge in [-0.1, -0.05) is 24.3 Å². The highest BCUT2D eigenvalue weighted by Crippen LogP contribution is 2.27. The molecule has 0 amide bonds. The number of rotatable bonds is 3. The number of Topliss-reactive ketones (excluding diaryl/α,β-unsaturated/α-hetero) is 1. The van der Waals surface area contributed by atoms with Gasteiger partial charge in [-0.2, -0.15) is 0 Å². The molecule has 0 saturated heterocycles. The number of carbonyl (C=O) groups is 2. The monoisotopic (exact) mass is 287 g/mol. The van der Waals surface area contributed by atoms with E-state index >= 15 is 0 Å². The van der Waals surface area contributed by atoms with E-state index < -0.39 is 5.97 Å². The summed E-state index contributed by atoms with van der Waals surface area (Å²) in [5.74, 6) is -0.524. The quantitative estimate of drug-likeness (QED) is 0.621. The molecule has 21 heavy (non-hydrogen) atoms. The molecule has 0 bridgehead atoms. The summed E-state index contributed by atoms with van der Waals surface area (Å²) in [7, 11) is 0. The number of esters is 1. The zero-order chi connectivity index (χ0) is 14.8. The molecule has 5 heteroatoms. The van der Waals surface area contributed by atoms with Crippen LogP contribution >= 0.6 is 0 Å². The highest BCUT2D eigenvalue weighted by Gasteiger charge is 2.35. The fourth-order valence-corrected chi connectivity index (χ4v) is 2.72. The smallest absolute Gasteiger partial charge is 0.347 e. The van der Waals surface area contributed by atoms with Gasteiger partial charge in [0.1, 0.15) is 0 Å². The molecular formula is C16H17NO4. The molecule has 1 aromatic rings. The van der Waals surface area contributed by atoms with Gasteiger partial charge in [-0.05, 0) is 24.5 Å². The Labute approximate surface area is 123 Å². The van der Waals surface area contributed by atoms with Crippen LogP contribution < -0.4 is 0 Å². The van der Waals surface area contributed by atoms with Gasteiger partial charge in [-0.25, -0.2) is 4.79 Å². The standard InChI is InChI=1S/C16H17NO4/c1-2-20-16(19)14-13(18)10-21-15(14)17-8-7-11-5-3-4-6-12(11)9-17/h3-6H,2,7-10H2,1H3. The van der Waals surface area contributed by atoms with Gasteiger partial charge in [0.15, 0.2) is 12.2 Å². The summed E-state index contributed by atoms with van der Waals surface area (Å²) >= 11 is 0. The van der Waals surface area contributed by atoms with Gasteiger partial charge >= 0.3 is 5.97 Å². The Morgan fingerprint density at radius 2 is 2.10 bits per heavy atom. The number of hydrogen-bond donors (Lipinski definition) is 0. The van der Waals surface area contributed by atoms with Gasteiger partial charge in [0, 0.05) is 13.1 Å². The molecule has 0 spiro atoms. The van der Waals surface area contributed by atoms with E-state index in [1.165, 1.54) is 11.1 Å². The lowest BCUT2D eigenvalue weighted by Gasteiger charge is -2.30. The second kappa shape index (κ2) is 5.60. The largest absolute Gasteiger partial charge is 0.470 e. The van der Waals surface area contributed by atoms with Crippen LogP contribution in [0.4, 0.5) is 0 Å². The van der Waals surface area contributed by atoms with E-state index in [0.717, 1.165) is 13.0 Å². The average molecular weight is 287 g/mol. The number of fused-ring (bicyclic) bond motifs is 1. The molecule has 2 aliphatic rings. The maximum Gasteiger partial charge on any atom is 0.347 e. The summed E-state index contributed by atoms with van der Waals surface area (Å²) < 4.78 is 10.4. The van der Waals surface area contributed by atoms with E-state index in [9.17, 15) is 9.59 Å². The first kappa shape index (κ1) is 13.7. The number of carbonyl (C=O) groups excluding carboxylic acids is 2. The minimum Gasteiger partial charge on any atom is -0.470 e. The summed E-state index contributed by atoms with van der Waals surface area (Å²) in [5, 5.41) is 0. The third-order valence-corrected chi connectivity index (χ3v) is 3.73. The van der Waals surface area contributed by atoms with E-state index in [-0.39, 0.29) is 24.6 Å². The third kappa shape index (κ3) is 2.51. The van der Waals surface area contributed by atoms with Crippen LogP contribution in [0.5, 0.6) is 0 Å². The Kier molecular flexibility index (Phi) is 3.64. The predicted octanol–water partition coefficient (Wildman–Crippen LogP) is 1.42. The summed E-state index contributed by atoms with van der Waals surface area (Å²) in [4.78, 5) is 25.8. The maximum atomic E-state index is 11.9. The molecular weight excluding hydrogens is 270 g/mol. The van der Waals surface area contributed by atoms with Crippen LogP contribution in [0.25, 0.3) is 0 Å². The zero-order valence-electron chi connectivity index (χ0n) is 11.9. The Balaban J connectivity index is 1.89. The molecule has 0 unspecified atom stereocenters. The number of ether oxygens (including phenoxy) is 2. The second-order valence-corrected chi connectivity index (χ2v) is 5.05. The third-order valence-electron chi connectivity index (χ3n) is 3.73. The molecule has 5 nitrogen and oxygen atoms in total. The molecule has 0 N–H and O–H groups in total. The summed E-state index contributed by atoms with van der Waals surface area (Å²) in [5.41, 5.74) is 2.55. The lowest BCUT2D eigenvalue weighted by Crippen LogP contribution is -2.31. The topological polar surface area (TPSA) is 55.8 Å². The van der Waals surface area contributed by atoms with E-state index in [2.05, 4.69) is 12.1 Å². The molecule has 0 atom stereocenters. The van der Waals surface area contributed by atoms with Crippen molar-refractivity contribution in [2.24, 2.45) is 0 Å². The van der Waals surface area contributed by atoms with Gasteiger partial charge < -0.3 is 14.4 Å². The maximum absolute atomic E-state index is 11.9. The highest BCUT2D eigenvalue weighted by molar-refractivity contribution is 6.19. The molecule has 110 valence electrons. The number of benzene rings is 1. The number of hydrogen-bond acceptors (Lipinski definition) is 5. The van der Waals surface area contributed by atoms with Crippen molar-refractivity contribution in [3.8, 4) is 0 Å². The fraction of sp³-hybridized carbons (Fsp3) is 0.375. The van der Waals surface area contributed by atoms with Gasteiger partial charge in [-0.15, -0.1) is 0 Å². The second-order valence-electron chi connectivity index (χ2n) is 5.05. The Hall–Kier alpha value is -2.30. The van der Waals surface area contributed by atoms with Crippen LogP contribution in [0.3, 0.4) is 0 Å². The lowest BCUT2D eigenvalue weighted by molar-refractivity contribution is -0.139. The fourth-order valence-electron chi connectivity index (χ4n) is 2.72. The highest BCUT2D eigenvalue weighted by atomic mass is 16.5. The first-order valence-corrected chi connectivity index (χ1v) is 7.10. The van der Waals surface area contributed by atoms with Crippen molar-refractivity contribution >= 4 is 11.8 Å². The van der Waals surface area contributed by atoms with Crippen molar-refractivity contribution < 1.29 is 19.1 Å². The van der Waals surface area contributed by atoms with Crippen molar-refractivity contribution in [3.05, 3.63) is 46.8 Å². The predicted molar refractivity (Wildman–Crippen MR) is 75.2 cm³/mol. The van der Waals surface area contributed by atoms with Crippen LogP contribution in [0.2, 0.25) is 0 Å². The van der Waals surface area contributed by atoms with Crippen molar-refractivity contribution in [3.63, 3.8) is 0 Å². The first-order valence-electron chi connectivity index (χ1n) is 7.10. The minimum atomic E-state index is -0.589. The van der Waals surface area contributed by atoms with Crippen LogP contribution in [-0.2, 0) is 32.0 Å². The van der Waals surface area contributed by atoms with Gasteiger partial charge in [-0.3, -0.25) is 4.79 Å². The SMILES string of the molecule is CCOC(=O)C1=C(N2CCc3ccccc3C2)OCC1=O. The van der Waals surface area contributed by atoms with Crippen LogP contribution in [0.1, 0.15) is 18.1 Å². The number of nitrogens with zero attached hydrogens (tertiary/aromatic N) is 1. The van der Waals surface area contributed by atoms with Crippen molar-refractivity contribution in [2.45, 2.75) is 19.9 Å². The van der Waals surface area contributed by atoms with Crippen LogP contribution in [0, 0.1) is 0 Å². The minimum absolute atomic E-state index is 0.0521. The van der Waals surface area contributed by atoms with Gasteiger partial charge in [0.25, 0.3) is 0 Å². The van der Waals surface area contributed by atoms with E-state index in [4.69, 9.17) is 9.47 Å². The van der Waals surface area contributed by atoms with Crippen molar-refractivity contribution in [1.82, 2.24) is 4.90 Å². The Bertz CT molecular complexity index is 620. The average Bonchev–Trinajstić information content (AvgIpc) is 2.89. The molecule has 2 heterocycles. The zero-order valence-corrected chi connectivity index (χ0v) is 11.9. The Morgan fingerprint density at radius 1 is 1.33 bits per heavy atom. The van der Waals surface area contributed by atoms with E-state index in [1.807, 2.05) is 17.0 Å². The molecule has 0 saturated carbocycles. The van der Waals surface area contributed by atoms with Crippen LogP contribution in [-0.4, -0.2) is 36.4 Å². The lowest BCUT2D eigenvalue weighted by atomic mass is 10.00. The summed E-state index contributed by atoms with van der Waals surface area (Å²) in [6.07, 6.45) is 0.868. The molecule has 2 aliphatic heterocycles. The van der Waals surface area contributed by atoms with Gasteiger partial charge in [0.05, 0.1) is 6.61 Å². The molecule has 0 aliphatic carbocycles. The molecule has 0 radical (unpaired) electrons. The molecule has 0 aromatic heterocycles. The number of ketones is 1. The molecule has 3 rings (SSSR count). The molecule has 0 fully saturated rings. The normalized spacial score (nSPS) is 17.6. The van der Waals surface area contributed by atoms with Crippen molar-refractivity contribution in [2.75, 3.05) is 19.8 Å². The van der Waals surface area contributed by atoms with Gasteiger partial charge in [0.2, 0.25) is 11.7 Å². The summed E-state index contributed by atoms with van der Waals surface area (Å²) in [6.45, 7) is 3.24. The summed E-state index contributed by atoms with van der Waals surface area (Å²) in [6, 6.07) is 8.17. The van der Waals surface area contributed by atoms with E-state index in [1.54, 1.807) is 6.92 Å². The van der Waals surface area contributed by atoms with Crippen LogP contribution in [0.15, 0.2) is 35.7 Å². The molecule has 1 aromatic carbocycles. The van der Waals surface area contributed by atoms with E-state index in [0.29, 0.717) is 12.4 Å². The first-order chi connectivity index (χ1) is 10.2. The Morgan fingerprint density at radius 3 is 2.86 bits per heavy atom. The van der Waals surface area contributed by atoms with Crippen molar-refractivity contribution in [1.29, 1.82) is 0 Å².